The summed E-state index contributed by atoms with van der Waals surface area (Å²) in [7, 11) is 2.91. The fourth-order valence-electron chi connectivity index (χ4n) is 4.40. The summed E-state index contributed by atoms with van der Waals surface area (Å²) < 4.78 is 16.2. The van der Waals surface area contributed by atoms with Crippen LogP contribution in [0.4, 0.5) is 5.69 Å². The second kappa shape index (κ2) is 9.52. The number of anilines is 1. The molecule has 174 valence electrons. The van der Waals surface area contributed by atoms with Crippen LogP contribution < -0.4 is 14.8 Å². The van der Waals surface area contributed by atoms with E-state index in [2.05, 4.69) is 12.2 Å². The molecule has 8 heteroatoms. The predicted octanol–water partition coefficient (Wildman–Crippen LogP) is 3.85. The maximum Gasteiger partial charge on any atom is 0.344 e. The Morgan fingerprint density at radius 1 is 1.12 bits per heavy atom. The van der Waals surface area contributed by atoms with Crippen LogP contribution in [0.3, 0.4) is 0 Å². The van der Waals surface area contributed by atoms with Crippen LogP contribution in [-0.2, 0) is 20.7 Å². The molecule has 4 rings (SSSR count). The van der Waals surface area contributed by atoms with Gasteiger partial charge in [0.25, 0.3) is 0 Å². The number of nitrogens with zero attached hydrogens (tertiary/aromatic N) is 1. The minimum atomic E-state index is -0.991. The zero-order chi connectivity index (χ0) is 23.5. The molecule has 0 aliphatic carbocycles. The standard InChI is InChI=1S/C25H28N2O6/c1-4-5-6-15-7-9-16(10-8-15)26-23(29)18-12-14-20(28)27(18)24-17-11-13-19(31-2)22(32-3)21(17)25(30)33-24/h7-11,13,18,24H,4-6,12,14H2,1-3H3,(H,26,29)/t18-,24+/m1/s1. The van der Waals surface area contributed by atoms with E-state index >= 15 is 0 Å². The van der Waals surface area contributed by atoms with Crippen LogP contribution in [0.1, 0.15) is 60.3 Å². The molecule has 0 unspecified atom stereocenters. The van der Waals surface area contributed by atoms with E-state index in [1.165, 1.54) is 24.7 Å². The number of fused-ring (bicyclic) bond motifs is 1. The number of amides is 2. The largest absolute Gasteiger partial charge is 0.493 e. The first kappa shape index (κ1) is 22.6. The Hall–Kier alpha value is -3.55. The maximum atomic E-state index is 13.1. The molecule has 0 saturated carbocycles. The fourth-order valence-corrected chi connectivity index (χ4v) is 4.40. The molecule has 2 aliphatic heterocycles. The molecule has 2 aliphatic rings. The topological polar surface area (TPSA) is 94.2 Å². The molecular formula is C25H28N2O6. The SMILES string of the molecule is CCCCc1ccc(NC(=O)[C@H]2CCC(=O)N2[C@H]2OC(=O)c3c2ccc(OC)c3OC)cc1. The van der Waals surface area contributed by atoms with Crippen LogP contribution >= 0.6 is 0 Å². The van der Waals surface area contributed by atoms with Gasteiger partial charge in [-0.1, -0.05) is 25.5 Å². The van der Waals surface area contributed by atoms with Crippen LogP contribution in [0.15, 0.2) is 36.4 Å². The summed E-state index contributed by atoms with van der Waals surface area (Å²) in [4.78, 5) is 39.9. The first-order valence-corrected chi connectivity index (χ1v) is 11.1. The van der Waals surface area contributed by atoms with Gasteiger partial charge in [0.1, 0.15) is 11.6 Å². The number of aryl methyl sites for hydroxylation is 1. The lowest BCUT2D eigenvalue weighted by atomic mass is 10.0. The molecule has 0 aromatic heterocycles. The molecule has 1 saturated heterocycles. The molecule has 0 spiro atoms. The number of hydrogen-bond donors (Lipinski definition) is 1. The van der Waals surface area contributed by atoms with Gasteiger partial charge in [-0.25, -0.2) is 4.79 Å². The van der Waals surface area contributed by atoms with Gasteiger partial charge < -0.3 is 19.5 Å². The van der Waals surface area contributed by atoms with Crippen LogP contribution in [0.25, 0.3) is 0 Å². The van der Waals surface area contributed by atoms with Crippen molar-refractivity contribution in [2.75, 3.05) is 19.5 Å². The van der Waals surface area contributed by atoms with Crippen molar-refractivity contribution in [2.24, 2.45) is 0 Å². The van der Waals surface area contributed by atoms with Gasteiger partial charge in [0.05, 0.1) is 14.2 Å². The Kier molecular flexibility index (Phi) is 6.53. The summed E-state index contributed by atoms with van der Waals surface area (Å²) in [5.74, 6) is -0.540. The average Bonchev–Trinajstić information content (AvgIpc) is 3.37. The lowest BCUT2D eigenvalue weighted by Crippen LogP contribution is -2.43. The highest BCUT2D eigenvalue weighted by molar-refractivity contribution is 6.01. The number of esters is 1. The van der Waals surface area contributed by atoms with Crippen molar-refractivity contribution in [2.45, 2.75) is 51.3 Å². The van der Waals surface area contributed by atoms with Crippen molar-refractivity contribution in [3.05, 3.63) is 53.1 Å². The first-order valence-electron chi connectivity index (χ1n) is 11.1. The van der Waals surface area contributed by atoms with E-state index in [0.717, 1.165) is 19.3 Å². The lowest BCUT2D eigenvalue weighted by Gasteiger charge is -2.29. The minimum Gasteiger partial charge on any atom is -0.493 e. The maximum absolute atomic E-state index is 13.1. The Balaban J connectivity index is 1.56. The Morgan fingerprint density at radius 2 is 1.88 bits per heavy atom. The summed E-state index contributed by atoms with van der Waals surface area (Å²) in [6, 6.07) is 10.3. The van der Waals surface area contributed by atoms with E-state index in [4.69, 9.17) is 14.2 Å². The molecule has 1 fully saturated rings. The quantitative estimate of drug-likeness (QED) is 0.612. The number of cyclic esters (lactones) is 1. The molecule has 2 aromatic carbocycles. The zero-order valence-electron chi connectivity index (χ0n) is 19.1. The second-order valence-corrected chi connectivity index (χ2v) is 8.17. The highest BCUT2D eigenvalue weighted by atomic mass is 16.6. The van der Waals surface area contributed by atoms with Gasteiger partial charge in [-0.3, -0.25) is 14.5 Å². The van der Waals surface area contributed by atoms with Gasteiger partial charge in [-0.2, -0.15) is 0 Å². The minimum absolute atomic E-state index is 0.199. The van der Waals surface area contributed by atoms with E-state index in [1.807, 2.05) is 24.3 Å². The lowest BCUT2D eigenvalue weighted by molar-refractivity contribution is -0.144. The van der Waals surface area contributed by atoms with Gasteiger partial charge in [0.2, 0.25) is 18.0 Å². The number of unbranched alkanes of at least 4 members (excludes halogenated alkanes) is 1. The Morgan fingerprint density at radius 3 is 2.55 bits per heavy atom. The number of likely N-dealkylation sites (tertiary alicyclic amines) is 1. The van der Waals surface area contributed by atoms with Crippen LogP contribution in [0, 0.1) is 0 Å². The summed E-state index contributed by atoms with van der Waals surface area (Å²) in [6.45, 7) is 2.15. The number of rotatable bonds is 8. The molecular weight excluding hydrogens is 424 g/mol. The van der Waals surface area contributed by atoms with Crippen molar-refractivity contribution < 1.29 is 28.6 Å². The van der Waals surface area contributed by atoms with E-state index in [0.29, 0.717) is 23.4 Å². The number of methoxy groups -OCH3 is 2. The number of carbonyl (C=O) groups excluding carboxylic acids is 3. The van der Waals surface area contributed by atoms with Crippen LogP contribution in [-0.4, -0.2) is 42.9 Å². The Labute approximate surface area is 192 Å². The molecule has 1 N–H and O–H groups in total. The summed E-state index contributed by atoms with van der Waals surface area (Å²) in [5.41, 5.74) is 2.57. The average molecular weight is 453 g/mol. The van der Waals surface area contributed by atoms with Gasteiger partial charge in [-0.05, 0) is 49.1 Å². The second-order valence-electron chi connectivity index (χ2n) is 8.17. The highest BCUT2D eigenvalue weighted by Gasteiger charge is 2.47. The molecule has 2 atom stereocenters. The van der Waals surface area contributed by atoms with E-state index < -0.39 is 18.2 Å². The van der Waals surface area contributed by atoms with E-state index in [1.54, 1.807) is 12.1 Å². The molecule has 0 radical (unpaired) electrons. The summed E-state index contributed by atoms with van der Waals surface area (Å²) >= 11 is 0. The van der Waals surface area contributed by atoms with Crippen molar-refractivity contribution in [3.8, 4) is 11.5 Å². The number of hydrogen-bond acceptors (Lipinski definition) is 6. The third kappa shape index (κ3) is 4.25. The third-order valence-electron chi connectivity index (χ3n) is 6.12. The first-order chi connectivity index (χ1) is 16.0. The van der Waals surface area contributed by atoms with Gasteiger partial charge >= 0.3 is 5.97 Å². The van der Waals surface area contributed by atoms with E-state index in [9.17, 15) is 14.4 Å². The summed E-state index contributed by atoms with van der Waals surface area (Å²) in [5, 5.41) is 2.90. The molecule has 8 nitrogen and oxygen atoms in total. The zero-order valence-corrected chi connectivity index (χ0v) is 19.1. The normalized spacial score (nSPS) is 19.3. The Bertz CT molecular complexity index is 1070. The van der Waals surface area contributed by atoms with Gasteiger partial charge in [0, 0.05) is 17.7 Å². The van der Waals surface area contributed by atoms with Crippen molar-refractivity contribution in [1.82, 2.24) is 4.90 Å². The molecule has 2 heterocycles. The molecule has 0 bridgehead atoms. The number of benzene rings is 2. The van der Waals surface area contributed by atoms with Gasteiger partial charge in [-0.15, -0.1) is 0 Å². The van der Waals surface area contributed by atoms with Crippen LogP contribution in [0.5, 0.6) is 11.5 Å². The number of ether oxygens (including phenoxy) is 3. The van der Waals surface area contributed by atoms with Crippen molar-refractivity contribution >= 4 is 23.5 Å². The monoisotopic (exact) mass is 452 g/mol. The highest BCUT2D eigenvalue weighted by Crippen LogP contribution is 2.45. The molecule has 33 heavy (non-hydrogen) atoms. The smallest absolute Gasteiger partial charge is 0.344 e. The predicted molar refractivity (Wildman–Crippen MR) is 121 cm³/mol. The third-order valence-corrected chi connectivity index (χ3v) is 6.12. The molecule has 2 amide bonds. The number of nitrogens with one attached hydrogen (secondary N) is 1. The molecule has 2 aromatic rings. The van der Waals surface area contributed by atoms with Crippen molar-refractivity contribution in [1.29, 1.82) is 0 Å². The fraction of sp³-hybridized carbons (Fsp3) is 0.400. The number of carbonyl (C=O) groups is 3. The summed E-state index contributed by atoms with van der Waals surface area (Å²) in [6.07, 6.45) is 2.78. The van der Waals surface area contributed by atoms with Gasteiger partial charge in [0.15, 0.2) is 11.5 Å². The van der Waals surface area contributed by atoms with Crippen molar-refractivity contribution in [3.63, 3.8) is 0 Å². The van der Waals surface area contributed by atoms with Crippen LogP contribution in [0.2, 0.25) is 0 Å². The van der Waals surface area contributed by atoms with E-state index in [-0.39, 0.29) is 29.5 Å².